The molecule has 2 aromatic rings. The van der Waals surface area contributed by atoms with E-state index < -0.39 is 0 Å². The highest BCUT2D eigenvalue weighted by molar-refractivity contribution is 5.75. The van der Waals surface area contributed by atoms with Crippen molar-refractivity contribution in [2.75, 3.05) is 6.54 Å². The van der Waals surface area contributed by atoms with Crippen molar-refractivity contribution < 1.29 is 4.52 Å². The second kappa shape index (κ2) is 14.0. The molecule has 0 bridgehead atoms. The summed E-state index contributed by atoms with van der Waals surface area (Å²) in [4.78, 5) is 6.42. The molecule has 0 amide bonds. The third-order valence-corrected chi connectivity index (χ3v) is 6.82. The third kappa shape index (κ3) is 8.17. The normalized spacial score (nSPS) is 15.9. The molecule has 182 valence electrons. The van der Waals surface area contributed by atoms with E-state index in [2.05, 4.69) is 41.3 Å². The number of nitrogens with two attached hydrogens (primary N) is 1. The second-order valence-corrected chi connectivity index (χ2v) is 9.53. The van der Waals surface area contributed by atoms with E-state index in [4.69, 9.17) is 15.7 Å². The number of aryl methyl sites for hydroxylation is 1. The summed E-state index contributed by atoms with van der Waals surface area (Å²) in [5.74, 6) is 1.23. The summed E-state index contributed by atoms with van der Waals surface area (Å²) in [6.45, 7) is 3.05. The Hall–Kier alpha value is -2.37. The van der Waals surface area contributed by atoms with E-state index in [1.54, 1.807) is 0 Å². The predicted octanol–water partition coefficient (Wildman–Crippen LogP) is 7.01. The van der Waals surface area contributed by atoms with Crippen LogP contribution in [0.2, 0.25) is 0 Å². The maximum Gasteiger partial charge on any atom is 0.249 e. The van der Waals surface area contributed by atoms with Gasteiger partial charge in [-0.2, -0.15) is 4.98 Å². The number of rotatable bonds is 15. The third-order valence-electron chi connectivity index (χ3n) is 6.82. The first-order valence-corrected chi connectivity index (χ1v) is 13.2. The van der Waals surface area contributed by atoms with E-state index in [-0.39, 0.29) is 12.0 Å². The van der Waals surface area contributed by atoms with Crippen LogP contribution in [0.15, 0.2) is 28.8 Å². The summed E-state index contributed by atoms with van der Waals surface area (Å²) in [6, 6.07) is 8.46. The highest BCUT2D eigenvalue weighted by Crippen LogP contribution is 2.31. The van der Waals surface area contributed by atoms with Gasteiger partial charge in [0, 0.05) is 12.1 Å². The Morgan fingerprint density at radius 2 is 1.58 bits per heavy atom. The molecule has 0 spiro atoms. The number of guanidine groups is 1. The fourth-order valence-electron chi connectivity index (χ4n) is 4.79. The van der Waals surface area contributed by atoms with Gasteiger partial charge in [0.25, 0.3) is 0 Å². The van der Waals surface area contributed by atoms with E-state index in [1.165, 1.54) is 82.6 Å². The summed E-state index contributed by atoms with van der Waals surface area (Å²) < 4.78 is 5.51. The average molecular weight is 454 g/mol. The number of likely N-dealkylation sites (tertiary alicyclic amines) is 1. The van der Waals surface area contributed by atoms with Crippen LogP contribution in [0.5, 0.6) is 0 Å². The lowest BCUT2D eigenvalue weighted by molar-refractivity contribution is 0.283. The van der Waals surface area contributed by atoms with Crippen molar-refractivity contribution in [2.45, 2.75) is 109 Å². The van der Waals surface area contributed by atoms with Crippen LogP contribution < -0.4 is 5.73 Å². The van der Waals surface area contributed by atoms with Crippen LogP contribution in [0.1, 0.15) is 114 Å². The smallest absolute Gasteiger partial charge is 0.249 e. The van der Waals surface area contributed by atoms with E-state index in [0.29, 0.717) is 11.7 Å². The van der Waals surface area contributed by atoms with Crippen molar-refractivity contribution in [3.05, 3.63) is 35.7 Å². The Kier molecular flexibility index (Phi) is 10.7. The molecule has 1 saturated heterocycles. The number of aromatic nitrogens is 2. The summed E-state index contributed by atoms with van der Waals surface area (Å²) in [5.41, 5.74) is 8.02. The van der Waals surface area contributed by atoms with Crippen LogP contribution in [-0.2, 0) is 6.42 Å². The van der Waals surface area contributed by atoms with Gasteiger partial charge in [-0.1, -0.05) is 107 Å². The van der Waals surface area contributed by atoms with Crippen LogP contribution in [0.3, 0.4) is 0 Å². The fourth-order valence-corrected chi connectivity index (χ4v) is 4.79. The molecule has 1 aromatic heterocycles. The molecule has 1 atom stereocenters. The summed E-state index contributed by atoms with van der Waals surface area (Å²) in [6.07, 6.45) is 19.6. The molecule has 6 heteroatoms. The van der Waals surface area contributed by atoms with Gasteiger partial charge in [-0.3, -0.25) is 5.41 Å². The maximum atomic E-state index is 7.72. The number of unbranched alkanes of at least 4 members (excludes halogenated alkanes) is 11. The van der Waals surface area contributed by atoms with E-state index in [9.17, 15) is 0 Å². The van der Waals surface area contributed by atoms with E-state index in [1.807, 2.05) is 4.90 Å². The van der Waals surface area contributed by atoms with Crippen molar-refractivity contribution in [2.24, 2.45) is 5.73 Å². The molecule has 0 unspecified atom stereocenters. The minimum Gasteiger partial charge on any atom is -0.370 e. The largest absolute Gasteiger partial charge is 0.370 e. The number of nitrogens with one attached hydrogen (secondary N) is 1. The van der Waals surface area contributed by atoms with Crippen molar-refractivity contribution in [3.8, 4) is 11.4 Å². The Balaban J connectivity index is 1.31. The van der Waals surface area contributed by atoms with Crippen LogP contribution >= 0.6 is 0 Å². The van der Waals surface area contributed by atoms with Gasteiger partial charge in [-0.05, 0) is 31.2 Å². The fraction of sp³-hybridized carbons (Fsp3) is 0.667. The molecular formula is C27H43N5O. The number of benzene rings is 1. The molecule has 1 aromatic carbocycles. The number of hydrogen-bond donors (Lipinski definition) is 2. The molecule has 1 fully saturated rings. The lowest BCUT2D eigenvalue weighted by Crippen LogP contribution is -2.35. The summed E-state index contributed by atoms with van der Waals surface area (Å²) >= 11 is 0. The van der Waals surface area contributed by atoms with Crippen molar-refractivity contribution in [1.82, 2.24) is 15.0 Å². The number of hydrogen-bond acceptors (Lipinski definition) is 4. The van der Waals surface area contributed by atoms with Crippen LogP contribution in [0.4, 0.5) is 0 Å². The molecule has 3 N–H and O–H groups in total. The van der Waals surface area contributed by atoms with Crippen LogP contribution in [0, 0.1) is 5.41 Å². The van der Waals surface area contributed by atoms with E-state index in [0.717, 1.165) is 31.4 Å². The minimum absolute atomic E-state index is 0.0689. The van der Waals surface area contributed by atoms with Gasteiger partial charge in [0.1, 0.15) is 6.04 Å². The lowest BCUT2D eigenvalue weighted by Gasteiger charge is -2.21. The molecule has 1 aliphatic rings. The van der Waals surface area contributed by atoms with Crippen molar-refractivity contribution >= 4 is 5.96 Å². The molecule has 0 radical (unpaired) electrons. The van der Waals surface area contributed by atoms with Gasteiger partial charge in [0.2, 0.25) is 11.7 Å². The first-order valence-electron chi connectivity index (χ1n) is 13.2. The summed E-state index contributed by atoms with van der Waals surface area (Å²) in [7, 11) is 0. The maximum absolute atomic E-state index is 7.72. The molecule has 6 nitrogen and oxygen atoms in total. The monoisotopic (exact) mass is 453 g/mol. The lowest BCUT2D eigenvalue weighted by atomic mass is 10.0. The quantitative estimate of drug-likeness (QED) is 0.172. The zero-order valence-electron chi connectivity index (χ0n) is 20.5. The highest BCUT2D eigenvalue weighted by atomic mass is 16.5. The molecule has 1 aliphatic heterocycles. The van der Waals surface area contributed by atoms with E-state index >= 15 is 0 Å². The van der Waals surface area contributed by atoms with Gasteiger partial charge < -0.3 is 15.2 Å². The van der Waals surface area contributed by atoms with Crippen LogP contribution in [-0.4, -0.2) is 27.5 Å². The molecule has 0 aliphatic carbocycles. The van der Waals surface area contributed by atoms with Gasteiger partial charge in [-0.25, -0.2) is 0 Å². The SMILES string of the molecule is CCCCCCCCCCCCCCc1ccc(-c2noc([C@@H]3CCCN3C(=N)N)n2)cc1. The molecule has 2 heterocycles. The minimum atomic E-state index is -0.0752. The number of nitrogens with zero attached hydrogens (tertiary/aromatic N) is 3. The Bertz CT molecular complexity index is 816. The molecule has 0 saturated carbocycles. The standard InChI is InChI=1S/C27H43N5O/c1-2-3-4-5-6-7-8-9-10-11-12-13-15-22-17-19-23(20-18-22)25-30-26(33-31-25)24-16-14-21-32(24)27(28)29/h17-20,24H,2-16,21H2,1H3,(H3,28,29)/t24-/m0/s1. The zero-order valence-corrected chi connectivity index (χ0v) is 20.5. The van der Waals surface area contributed by atoms with Gasteiger partial charge >= 0.3 is 0 Å². The highest BCUT2D eigenvalue weighted by Gasteiger charge is 2.31. The zero-order chi connectivity index (χ0) is 23.3. The Morgan fingerprint density at radius 1 is 0.970 bits per heavy atom. The molecule has 33 heavy (non-hydrogen) atoms. The van der Waals surface area contributed by atoms with Gasteiger partial charge in [-0.15, -0.1) is 0 Å². The molecular weight excluding hydrogens is 410 g/mol. The van der Waals surface area contributed by atoms with Gasteiger partial charge in [0.15, 0.2) is 5.96 Å². The topological polar surface area (TPSA) is 92.0 Å². The predicted molar refractivity (Wildman–Crippen MR) is 135 cm³/mol. The Labute approximate surface area is 199 Å². The van der Waals surface area contributed by atoms with Crippen LogP contribution in [0.25, 0.3) is 11.4 Å². The first kappa shape index (κ1) is 25.3. The van der Waals surface area contributed by atoms with Crippen molar-refractivity contribution in [1.29, 1.82) is 5.41 Å². The van der Waals surface area contributed by atoms with Gasteiger partial charge in [0.05, 0.1) is 0 Å². The first-order chi connectivity index (χ1) is 16.2. The van der Waals surface area contributed by atoms with Crippen molar-refractivity contribution in [3.63, 3.8) is 0 Å². The Morgan fingerprint density at radius 3 is 2.18 bits per heavy atom. The average Bonchev–Trinajstić information content (AvgIpc) is 3.50. The summed E-state index contributed by atoms with van der Waals surface area (Å²) in [5, 5.41) is 11.9. The second-order valence-electron chi connectivity index (χ2n) is 9.53. The molecule has 3 rings (SSSR count).